The van der Waals surface area contributed by atoms with Crippen molar-refractivity contribution in [3.8, 4) is 5.82 Å². The van der Waals surface area contributed by atoms with Gasteiger partial charge in [-0.05, 0) is 51.2 Å². The number of aromatic amines is 1. The predicted octanol–water partition coefficient (Wildman–Crippen LogP) is 3.37. The van der Waals surface area contributed by atoms with Gasteiger partial charge in [0.1, 0.15) is 11.0 Å². The fourth-order valence-electron chi connectivity index (χ4n) is 5.15. The van der Waals surface area contributed by atoms with Gasteiger partial charge in [0, 0.05) is 60.9 Å². The van der Waals surface area contributed by atoms with Crippen LogP contribution in [0.15, 0.2) is 66.2 Å². The smallest absolute Gasteiger partial charge is 0.278 e. The zero-order valence-corrected chi connectivity index (χ0v) is 22.9. The number of hydrogen-bond donors (Lipinski definition) is 3. The van der Waals surface area contributed by atoms with E-state index in [1.165, 1.54) is 16.3 Å². The molecule has 1 fully saturated rings. The van der Waals surface area contributed by atoms with Crippen LogP contribution in [-0.4, -0.2) is 72.5 Å². The van der Waals surface area contributed by atoms with Crippen molar-refractivity contribution < 1.29 is 5.11 Å². The summed E-state index contributed by atoms with van der Waals surface area (Å²) in [6, 6.07) is 11.6. The quantitative estimate of drug-likeness (QED) is 0.269. The highest BCUT2D eigenvalue weighted by atomic mass is 16.3. The van der Waals surface area contributed by atoms with Gasteiger partial charge in [0.2, 0.25) is 5.95 Å². The average molecular weight is 540 g/mol. The van der Waals surface area contributed by atoms with E-state index in [0.717, 1.165) is 43.1 Å². The Hall–Kier alpha value is -4.48. The zero-order valence-electron chi connectivity index (χ0n) is 22.9. The largest absolute Gasteiger partial charge is 0.384 e. The maximum absolute atomic E-state index is 13.3. The number of aromatic nitrogens is 6. The molecule has 6 rings (SSSR count). The SMILES string of the molecule is C=CCn1c(=O)c2cnc(Nc3cc(N4CCN(C)CC4)c4cc[nH]c4c3)nc2n1-c1cccc(C(C)(C)O)n1. The van der Waals surface area contributed by atoms with Gasteiger partial charge in [0.25, 0.3) is 5.56 Å². The number of aliphatic hydroxyl groups is 1. The number of likely N-dealkylation sites (N-methyl/N-ethyl adjacent to an activating group) is 1. The third-order valence-electron chi connectivity index (χ3n) is 7.30. The molecule has 0 spiro atoms. The summed E-state index contributed by atoms with van der Waals surface area (Å²) in [5.74, 6) is 0.814. The number of allylic oxidation sites excluding steroid dienone is 1. The second-order valence-corrected chi connectivity index (χ2v) is 10.7. The molecule has 3 N–H and O–H groups in total. The van der Waals surface area contributed by atoms with E-state index in [2.05, 4.69) is 55.8 Å². The first kappa shape index (κ1) is 25.8. The van der Waals surface area contributed by atoms with Crippen molar-refractivity contribution in [1.82, 2.24) is 34.2 Å². The Labute approximate surface area is 231 Å². The minimum Gasteiger partial charge on any atom is -0.384 e. The van der Waals surface area contributed by atoms with Crippen molar-refractivity contribution in [3.63, 3.8) is 0 Å². The lowest BCUT2D eigenvalue weighted by Crippen LogP contribution is -2.44. The van der Waals surface area contributed by atoms with Crippen molar-refractivity contribution in [2.24, 2.45) is 0 Å². The van der Waals surface area contributed by atoms with Gasteiger partial charge in [-0.1, -0.05) is 12.1 Å². The van der Waals surface area contributed by atoms with Gasteiger partial charge in [-0.2, -0.15) is 4.98 Å². The third kappa shape index (κ3) is 4.63. The van der Waals surface area contributed by atoms with E-state index < -0.39 is 5.60 Å². The fraction of sp³-hybridized carbons (Fsp3) is 0.310. The zero-order chi connectivity index (χ0) is 28.0. The molecule has 0 atom stereocenters. The Morgan fingerprint density at radius 1 is 1.12 bits per heavy atom. The highest BCUT2D eigenvalue weighted by Gasteiger charge is 2.22. The number of fused-ring (bicyclic) bond motifs is 2. The van der Waals surface area contributed by atoms with Crippen molar-refractivity contribution in [3.05, 3.63) is 77.5 Å². The number of piperazine rings is 1. The molecule has 1 saturated heterocycles. The normalized spacial score (nSPS) is 14.8. The van der Waals surface area contributed by atoms with Gasteiger partial charge in [-0.25, -0.2) is 19.3 Å². The molecule has 5 heterocycles. The van der Waals surface area contributed by atoms with Gasteiger partial charge in [0.05, 0.1) is 12.2 Å². The number of rotatable bonds is 7. The molecule has 11 heteroatoms. The molecule has 1 aromatic carbocycles. The highest BCUT2D eigenvalue weighted by molar-refractivity contribution is 5.96. The van der Waals surface area contributed by atoms with E-state index in [-0.39, 0.29) is 12.1 Å². The molecule has 40 heavy (non-hydrogen) atoms. The lowest BCUT2D eigenvalue weighted by molar-refractivity contribution is 0.0738. The van der Waals surface area contributed by atoms with Crippen LogP contribution in [0.3, 0.4) is 0 Å². The molecule has 0 aliphatic carbocycles. The average Bonchev–Trinajstić information content (AvgIpc) is 3.51. The first-order valence-electron chi connectivity index (χ1n) is 13.3. The minimum atomic E-state index is -1.15. The predicted molar refractivity (Wildman–Crippen MR) is 158 cm³/mol. The second kappa shape index (κ2) is 9.92. The van der Waals surface area contributed by atoms with Crippen molar-refractivity contribution in [1.29, 1.82) is 0 Å². The fourth-order valence-corrected chi connectivity index (χ4v) is 5.15. The minimum absolute atomic E-state index is 0.248. The van der Waals surface area contributed by atoms with E-state index in [1.54, 1.807) is 42.8 Å². The summed E-state index contributed by atoms with van der Waals surface area (Å²) in [6.45, 7) is 11.3. The summed E-state index contributed by atoms with van der Waals surface area (Å²) in [4.78, 5) is 35.3. The summed E-state index contributed by atoms with van der Waals surface area (Å²) in [5.41, 5.74) is 2.49. The maximum Gasteiger partial charge on any atom is 0.278 e. The number of H-pyrrole nitrogens is 1. The molecule has 4 aromatic heterocycles. The molecule has 0 radical (unpaired) electrons. The van der Waals surface area contributed by atoms with Gasteiger partial charge < -0.3 is 25.2 Å². The van der Waals surface area contributed by atoms with Crippen LogP contribution in [-0.2, 0) is 12.1 Å². The van der Waals surface area contributed by atoms with E-state index in [1.807, 2.05) is 12.3 Å². The monoisotopic (exact) mass is 539 g/mol. The lowest BCUT2D eigenvalue weighted by Gasteiger charge is -2.34. The standard InChI is InChI=1S/C29H33N9O2/c1-5-11-37-27(39)21-18-31-28(34-26(21)38(37)25-8-6-7-24(33-25)29(2,3)40)32-19-16-22-20(9-10-30-22)23(17-19)36-14-12-35(4)13-15-36/h5-10,16-18,30,40H,1,11-15H2,2-4H3,(H,31,32,34). The summed E-state index contributed by atoms with van der Waals surface area (Å²) >= 11 is 0. The molecular formula is C29H33N9O2. The van der Waals surface area contributed by atoms with Crippen molar-refractivity contribution >= 4 is 39.3 Å². The number of benzene rings is 1. The van der Waals surface area contributed by atoms with E-state index in [0.29, 0.717) is 28.5 Å². The Balaban J connectivity index is 1.44. The van der Waals surface area contributed by atoms with Crippen LogP contribution in [0.2, 0.25) is 0 Å². The molecule has 1 aliphatic rings. The molecule has 0 saturated carbocycles. The Morgan fingerprint density at radius 2 is 1.93 bits per heavy atom. The molecule has 0 amide bonds. The molecule has 0 bridgehead atoms. The molecule has 11 nitrogen and oxygen atoms in total. The molecule has 0 unspecified atom stereocenters. The van der Waals surface area contributed by atoms with Crippen LogP contribution in [0.1, 0.15) is 19.5 Å². The third-order valence-corrected chi connectivity index (χ3v) is 7.30. The van der Waals surface area contributed by atoms with E-state index >= 15 is 0 Å². The second-order valence-electron chi connectivity index (χ2n) is 10.7. The van der Waals surface area contributed by atoms with Crippen LogP contribution in [0.5, 0.6) is 0 Å². The first-order valence-corrected chi connectivity index (χ1v) is 13.3. The van der Waals surface area contributed by atoms with E-state index in [9.17, 15) is 9.90 Å². The van der Waals surface area contributed by atoms with Gasteiger partial charge >= 0.3 is 0 Å². The van der Waals surface area contributed by atoms with Crippen LogP contribution in [0.4, 0.5) is 17.3 Å². The van der Waals surface area contributed by atoms with Crippen LogP contribution in [0.25, 0.3) is 27.8 Å². The number of anilines is 3. The summed E-state index contributed by atoms with van der Waals surface area (Å²) < 4.78 is 3.17. The highest BCUT2D eigenvalue weighted by Crippen LogP contribution is 2.32. The number of pyridine rings is 1. The van der Waals surface area contributed by atoms with Gasteiger partial charge in [0.15, 0.2) is 11.5 Å². The molecule has 1 aliphatic heterocycles. The van der Waals surface area contributed by atoms with Crippen molar-refractivity contribution in [2.75, 3.05) is 43.4 Å². The molecule has 206 valence electrons. The summed E-state index contributed by atoms with van der Waals surface area (Å²) in [7, 11) is 2.15. The number of nitrogens with one attached hydrogen (secondary N) is 2. The Morgan fingerprint density at radius 3 is 2.67 bits per heavy atom. The van der Waals surface area contributed by atoms with Crippen LogP contribution < -0.4 is 15.8 Å². The van der Waals surface area contributed by atoms with Gasteiger partial charge in [-0.3, -0.25) is 4.79 Å². The van der Waals surface area contributed by atoms with Crippen LogP contribution >= 0.6 is 0 Å². The molecular weight excluding hydrogens is 506 g/mol. The number of nitrogens with zero attached hydrogens (tertiary/aromatic N) is 7. The lowest BCUT2D eigenvalue weighted by atomic mass is 10.1. The summed E-state index contributed by atoms with van der Waals surface area (Å²) in [6.07, 6.45) is 5.14. The first-order chi connectivity index (χ1) is 19.2. The molecule has 5 aromatic rings. The van der Waals surface area contributed by atoms with Crippen LogP contribution in [0, 0.1) is 0 Å². The Kier molecular flexibility index (Phi) is 6.40. The van der Waals surface area contributed by atoms with E-state index in [4.69, 9.17) is 4.98 Å². The maximum atomic E-state index is 13.3. The topological polar surface area (TPSA) is 120 Å². The Bertz CT molecular complexity index is 1770. The van der Waals surface area contributed by atoms with Crippen molar-refractivity contribution in [2.45, 2.75) is 26.0 Å². The summed E-state index contributed by atoms with van der Waals surface area (Å²) in [5, 5.41) is 15.4. The number of hydrogen-bond acceptors (Lipinski definition) is 8. The van der Waals surface area contributed by atoms with Gasteiger partial charge in [-0.15, -0.1) is 6.58 Å².